The first-order chi connectivity index (χ1) is 15.9. The molecule has 6 aromatic rings. The SMILES string of the molecule is c1ccc(-c2nn(-c3ccccc3)nc2-c2sc(-c3ccccc3)c3ccccc23)cc1. The average Bonchev–Trinajstić information content (AvgIpc) is 3.48. The second kappa shape index (κ2) is 7.91. The second-order valence-corrected chi connectivity index (χ2v) is 8.58. The lowest BCUT2D eigenvalue weighted by Crippen LogP contribution is -1.98. The molecular weight excluding hydrogens is 410 g/mol. The molecule has 0 bridgehead atoms. The minimum atomic E-state index is 0.890. The summed E-state index contributed by atoms with van der Waals surface area (Å²) < 4.78 is 0. The Morgan fingerprint density at radius 3 is 1.62 bits per heavy atom. The van der Waals surface area contributed by atoms with Gasteiger partial charge in [-0.15, -0.1) is 21.5 Å². The lowest BCUT2D eigenvalue weighted by molar-refractivity contribution is 0.756. The maximum Gasteiger partial charge on any atom is 0.132 e. The van der Waals surface area contributed by atoms with Crippen molar-refractivity contribution in [3.63, 3.8) is 0 Å². The Kier molecular flexibility index (Phi) is 4.63. The van der Waals surface area contributed by atoms with E-state index in [1.807, 2.05) is 48.5 Å². The third-order valence-corrected chi connectivity index (χ3v) is 6.80. The molecule has 2 aromatic heterocycles. The van der Waals surface area contributed by atoms with Crippen molar-refractivity contribution in [3.8, 4) is 38.0 Å². The molecule has 0 unspecified atom stereocenters. The van der Waals surface area contributed by atoms with E-state index in [9.17, 15) is 0 Å². The summed E-state index contributed by atoms with van der Waals surface area (Å²) in [6, 6.07) is 39.5. The number of fused-ring (bicyclic) bond motifs is 1. The molecule has 152 valence electrons. The fourth-order valence-electron chi connectivity index (χ4n) is 4.00. The lowest BCUT2D eigenvalue weighted by Gasteiger charge is -1.99. The normalized spacial score (nSPS) is 11.1. The van der Waals surface area contributed by atoms with E-state index in [-0.39, 0.29) is 0 Å². The molecule has 0 amide bonds. The van der Waals surface area contributed by atoms with Crippen molar-refractivity contribution in [1.29, 1.82) is 0 Å². The highest BCUT2D eigenvalue weighted by molar-refractivity contribution is 7.21. The van der Waals surface area contributed by atoms with Crippen LogP contribution in [0.3, 0.4) is 0 Å². The van der Waals surface area contributed by atoms with Crippen molar-refractivity contribution < 1.29 is 0 Å². The Bertz CT molecular complexity index is 1500. The van der Waals surface area contributed by atoms with Crippen LogP contribution < -0.4 is 0 Å². The summed E-state index contributed by atoms with van der Waals surface area (Å²) in [5.74, 6) is 0. The standard InChI is InChI=1S/C28H19N3S/c1-4-12-20(13-5-1)25-26(30-31(29-25)22-16-8-3-9-17-22)28-24-19-11-10-18-23(24)27(32-28)21-14-6-2-7-15-21/h1-19H. The molecule has 0 aliphatic heterocycles. The first kappa shape index (κ1) is 18.7. The van der Waals surface area contributed by atoms with Crippen molar-refractivity contribution in [3.05, 3.63) is 115 Å². The van der Waals surface area contributed by atoms with Crippen LogP contribution in [0.5, 0.6) is 0 Å². The van der Waals surface area contributed by atoms with E-state index >= 15 is 0 Å². The number of benzene rings is 4. The molecule has 0 saturated carbocycles. The van der Waals surface area contributed by atoms with Crippen LogP contribution in [0.1, 0.15) is 0 Å². The van der Waals surface area contributed by atoms with Crippen molar-refractivity contribution >= 4 is 22.1 Å². The number of rotatable bonds is 4. The third-order valence-electron chi connectivity index (χ3n) is 5.52. The highest BCUT2D eigenvalue weighted by Crippen LogP contribution is 2.45. The lowest BCUT2D eigenvalue weighted by atomic mass is 10.0. The number of hydrogen-bond donors (Lipinski definition) is 0. The summed E-state index contributed by atoms with van der Waals surface area (Å²) in [7, 11) is 0. The molecule has 2 heterocycles. The van der Waals surface area contributed by atoms with Gasteiger partial charge in [0.25, 0.3) is 0 Å². The quantitative estimate of drug-likeness (QED) is 0.291. The van der Waals surface area contributed by atoms with Crippen LogP contribution in [0.4, 0.5) is 0 Å². The number of aromatic nitrogens is 3. The van der Waals surface area contributed by atoms with E-state index < -0.39 is 0 Å². The van der Waals surface area contributed by atoms with Crippen LogP contribution in [-0.4, -0.2) is 15.0 Å². The molecule has 0 fully saturated rings. The maximum atomic E-state index is 5.00. The molecule has 6 rings (SSSR count). The average molecular weight is 430 g/mol. The van der Waals surface area contributed by atoms with E-state index in [1.54, 1.807) is 16.1 Å². The first-order valence-electron chi connectivity index (χ1n) is 10.5. The minimum Gasteiger partial charge on any atom is -0.150 e. The van der Waals surface area contributed by atoms with Crippen molar-refractivity contribution in [2.24, 2.45) is 0 Å². The Morgan fingerprint density at radius 2 is 0.969 bits per heavy atom. The summed E-state index contributed by atoms with van der Waals surface area (Å²) in [6.45, 7) is 0. The maximum absolute atomic E-state index is 5.00. The second-order valence-electron chi connectivity index (χ2n) is 7.56. The van der Waals surface area contributed by atoms with Crippen molar-refractivity contribution in [1.82, 2.24) is 15.0 Å². The minimum absolute atomic E-state index is 0.890. The number of nitrogens with zero attached hydrogens (tertiary/aromatic N) is 3. The summed E-state index contributed by atoms with van der Waals surface area (Å²) >= 11 is 1.78. The third kappa shape index (κ3) is 3.22. The molecule has 0 aliphatic rings. The molecule has 0 saturated heterocycles. The van der Waals surface area contributed by atoms with Crippen LogP contribution in [0.15, 0.2) is 115 Å². The van der Waals surface area contributed by atoms with Crippen molar-refractivity contribution in [2.75, 3.05) is 0 Å². The van der Waals surface area contributed by atoms with Gasteiger partial charge in [0.05, 0.1) is 10.6 Å². The van der Waals surface area contributed by atoms with Crippen LogP contribution in [0, 0.1) is 0 Å². The zero-order chi connectivity index (χ0) is 21.3. The van der Waals surface area contributed by atoms with E-state index in [0.29, 0.717) is 0 Å². The molecule has 4 heteroatoms. The summed E-state index contributed by atoms with van der Waals surface area (Å²) in [5, 5.41) is 12.4. The molecule has 0 N–H and O–H groups in total. The van der Waals surface area contributed by atoms with Gasteiger partial charge in [0.15, 0.2) is 0 Å². The smallest absolute Gasteiger partial charge is 0.132 e. The van der Waals surface area contributed by atoms with Crippen LogP contribution in [-0.2, 0) is 0 Å². The van der Waals surface area contributed by atoms with Gasteiger partial charge in [-0.25, -0.2) is 0 Å². The van der Waals surface area contributed by atoms with Gasteiger partial charge in [-0.1, -0.05) is 103 Å². The molecule has 0 spiro atoms. The van der Waals surface area contributed by atoms with Gasteiger partial charge in [-0.3, -0.25) is 0 Å². The molecule has 0 aliphatic carbocycles. The number of para-hydroxylation sites is 1. The molecular formula is C28H19N3S. The van der Waals surface area contributed by atoms with Gasteiger partial charge in [0.2, 0.25) is 0 Å². The first-order valence-corrected chi connectivity index (χ1v) is 11.4. The Hall–Kier alpha value is -4.02. The zero-order valence-electron chi connectivity index (χ0n) is 17.2. The van der Waals surface area contributed by atoms with E-state index in [0.717, 1.165) is 27.5 Å². The Morgan fingerprint density at radius 1 is 0.469 bits per heavy atom. The Balaban J connectivity index is 1.63. The van der Waals surface area contributed by atoms with Crippen molar-refractivity contribution in [2.45, 2.75) is 0 Å². The summed E-state index contributed by atoms with van der Waals surface area (Å²) in [5.41, 5.74) is 5.02. The Labute approximate surface area is 190 Å². The molecule has 4 aromatic carbocycles. The molecule has 0 atom stereocenters. The molecule has 32 heavy (non-hydrogen) atoms. The fourth-order valence-corrected chi connectivity index (χ4v) is 5.27. The van der Waals surface area contributed by atoms with Gasteiger partial charge in [0, 0.05) is 21.2 Å². The fraction of sp³-hybridized carbons (Fsp3) is 0. The van der Waals surface area contributed by atoms with Gasteiger partial charge in [0.1, 0.15) is 11.4 Å². The zero-order valence-corrected chi connectivity index (χ0v) is 18.0. The molecule has 0 radical (unpaired) electrons. The van der Waals surface area contributed by atoms with Gasteiger partial charge >= 0.3 is 0 Å². The molecule has 3 nitrogen and oxygen atoms in total. The van der Waals surface area contributed by atoms with E-state index in [2.05, 4.69) is 66.7 Å². The predicted octanol–water partition coefficient (Wildman–Crippen LogP) is 7.48. The predicted molar refractivity (Wildman–Crippen MR) is 133 cm³/mol. The van der Waals surface area contributed by atoms with Crippen LogP contribution >= 0.6 is 11.3 Å². The van der Waals surface area contributed by atoms with E-state index in [4.69, 9.17) is 10.2 Å². The summed E-state index contributed by atoms with van der Waals surface area (Å²) in [4.78, 5) is 4.14. The van der Waals surface area contributed by atoms with E-state index in [1.165, 1.54) is 21.2 Å². The summed E-state index contributed by atoms with van der Waals surface area (Å²) in [6.07, 6.45) is 0. The highest BCUT2D eigenvalue weighted by atomic mass is 32.1. The van der Waals surface area contributed by atoms with Gasteiger partial charge < -0.3 is 0 Å². The highest BCUT2D eigenvalue weighted by Gasteiger charge is 2.22. The van der Waals surface area contributed by atoms with Crippen LogP contribution in [0.25, 0.3) is 48.7 Å². The van der Waals surface area contributed by atoms with Gasteiger partial charge in [-0.05, 0) is 17.7 Å². The topological polar surface area (TPSA) is 30.7 Å². The van der Waals surface area contributed by atoms with Crippen LogP contribution in [0.2, 0.25) is 0 Å². The number of thiophene rings is 1. The number of hydrogen-bond acceptors (Lipinski definition) is 3. The largest absolute Gasteiger partial charge is 0.150 e. The monoisotopic (exact) mass is 429 g/mol. The van der Waals surface area contributed by atoms with Gasteiger partial charge in [-0.2, -0.15) is 4.80 Å².